The highest BCUT2D eigenvalue weighted by Gasteiger charge is 2.30. The summed E-state index contributed by atoms with van der Waals surface area (Å²) in [6, 6.07) is 20.1. The van der Waals surface area contributed by atoms with Gasteiger partial charge in [0.2, 0.25) is 0 Å². The number of likely N-dealkylation sites (N-methyl/N-ethyl adjacent to an activating group) is 1. The normalized spacial score (nSPS) is 18.3. The number of carbonyl (C=O) groups excluding carboxylic acids is 3. The highest BCUT2D eigenvalue weighted by molar-refractivity contribution is 6.04. The van der Waals surface area contributed by atoms with Gasteiger partial charge in [-0.3, -0.25) is 20.3 Å². The topological polar surface area (TPSA) is 118 Å². The number of urea groups is 1. The third-order valence-corrected chi connectivity index (χ3v) is 7.63. The van der Waals surface area contributed by atoms with E-state index in [1.807, 2.05) is 60.7 Å². The van der Waals surface area contributed by atoms with E-state index in [2.05, 4.69) is 27.5 Å². The van der Waals surface area contributed by atoms with Crippen molar-refractivity contribution in [2.45, 2.75) is 12.6 Å². The quantitative estimate of drug-likeness (QED) is 0.259. The van der Waals surface area contributed by atoms with Gasteiger partial charge in [0.15, 0.2) is 0 Å². The number of hydrogen-bond donors (Lipinski definition) is 3. The molecule has 6 rings (SSSR count). The van der Waals surface area contributed by atoms with Crippen molar-refractivity contribution in [3.8, 4) is 16.9 Å². The number of methoxy groups -OCH3 is 1. The van der Waals surface area contributed by atoms with Crippen LogP contribution in [0, 0.1) is 5.41 Å². The van der Waals surface area contributed by atoms with Crippen LogP contribution in [-0.4, -0.2) is 85.8 Å². The van der Waals surface area contributed by atoms with Gasteiger partial charge in [-0.05, 0) is 41.4 Å². The zero-order valence-electron chi connectivity index (χ0n) is 23.4. The van der Waals surface area contributed by atoms with Gasteiger partial charge in [-0.1, -0.05) is 54.6 Å². The number of hydrogen-bond acceptors (Lipinski definition) is 6. The predicted molar refractivity (Wildman–Crippen MR) is 156 cm³/mol. The van der Waals surface area contributed by atoms with Gasteiger partial charge in [0.1, 0.15) is 17.6 Å². The van der Waals surface area contributed by atoms with Crippen molar-refractivity contribution in [3.63, 3.8) is 0 Å². The van der Waals surface area contributed by atoms with E-state index in [-0.39, 0.29) is 11.8 Å². The van der Waals surface area contributed by atoms with Crippen molar-refractivity contribution in [3.05, 3.63) is 89.0 Å². The first-order chi connectivity index (χ1) is 19.7. The van der Waals surface area contributed by atoms with Crippen molar-refractivity contribution in [1.82, 2.24) is 25.3 Å². The first kappa shape index (κ1) is 27.9. The number of ether oxygens (including phenoxy) is 1. The van der Waals surface area contributed by atoms with Gasteiger partial charge >= 0.3 is 6.03 Å². The molecule has 2 fully saturated rings. The van der Waals surface area contributed by atoms with E-state index in [9.17, 15) is 14.4 Å². The molecule has 1 unspecified atom stereocenters. The largest absolute Gasteiger partial charge is 0.497 e. The molecule has 0 aliphatic carbocycles. The summed E-state index contributed by atoms with van der Waals surface area (Å²) in [6.07, 6.45) is 0. The molecular weight excluding hydrogens is 520 g/mol. The first-order valence-corrected chi connectivity index (χ1v) is 13.5. The fraction of sp³-hybridized carbons (Fsp3) is 0.290. The molecule has 3 aliphatic rings. The molecule has 0 bridgehead atoms. The van der Waals surface area contributed by atoms with Crippen LogP contribution >= 0.6 is 0 Å². The number of nitrogens with one attached hydrogen (secondary N) is 3. The second kappa shape index (κ2) is 11.8. The minimum Gasteiger partial charge on any atom is -0.497 e. The Morgan fingerprint density at radius 2 is 1.51 bits per heavy atom. The third-order valence-electron chi connectivity index (χ3n) is 7.63. The summed E-state index contributed by atoms with van der Waals surface area (Å²) < 4.78 is 5.05. The van der Waals surface area contributed by atoms with E-state index in [0.717, 1.165) is 65.3 Å². The molecule has 4 amide bonds. The molecule has 10 heteroatoms. The van der Waals surface area contributed by atoms with Gasteiger partial charge in [-0.25, -0.2) is 4.79 Å². The van der Waals surface area contributed by atoms with Gasteiger partial charge in [0, 0.05) is 50.9 Å². The van der Waals surface area contributed by atoms with Crippen LogP contribution in [-0.2, 0) is 11.3 Å². The van der Waals surface area contributed by atoms with Crippen molar-refractivity contribution >= 4 is 23.7 Å². The maximum Gasteiger partial charge on any atom is 0.322 e. The molecule has 3 N–H and O–H groups in total. The second-order valence-corrected chi connectivity index (χ2v) is 10.4. The number of amides is 4. The van der Waals surface area contributed by atoms with Crippen molar-refractivity contribution < 1.29 is 19.1 Å². The summed E-state index contributed by atoms with van der Waals surface area (Å²) >= 11 is 0. The lowest BCUT2D eigenvalue weighted by Gasteiger charge is -2.34. The molecule has 0 radical (unpaired) electrons. The Morgan fingerprint density at radius 1 is 0.878 bits per heavy atom. The van der Waals surface area contributed by atoms with Crippen LogP contribution in [0.25, 0.3) is 11.1 Å². The molecule has 41 heavy (non-hydrogen) atoms. The van der Waals surface area contributed by atoms with Crippen molar-refractivity contribution in [2.24, 2.45) is 0 Å². The maximum atomic E-state index is 11.8. The predicted octanol–water partition coefficient (Wildman–Crippen LogP) is 3.09. The first-order valence-electron chi connectivity index (χ1n) is 13.5. The summed E-state index contributed by atoms with van der Waals surface area (Å²) in [5.41, 5.74) is 5.57. The highest BCUT2D eigenvalue weighted by atomic mass is 16.5. The third kappa shape index (κ3) is 6.07. The van der Waals surface area contributed by atoms with E-state index in [0.29, 0.717) is 12.4 Å². The minimum absolute atomic E-state index is 0.0777. The van der Waals surface area contributed by atoms with Gasteiger partial charge in [0.05, 0.1) is 7.11 Å². The van der Waals surface area contributed by atoms with Gasteiger partial charge in [0.25, 0.3) is 11.8 Å². The van der Waals surface area contributed by atoms with E-state index in [4.69, 9.17) is 10.1 Å². The van der Waals surface area contributed by atoms with Crippen LogP contribution < -0.4 is 15.4 Å². The summed E-state index contributed by atoms with van der Waals surface area (Å²) in [5, 5.41) is 13.3. The van der Waals surface area contributed by atoms with Gasteiger partial charge in [-0.2, -0.15) is 0 Å². The molecule has 1 atom stereocenters. The van der Waals surface area contributed by atoms with Crippen LogP contribution in [0.2, 0.25) is 0 Å². The Hall–Kier alpha value is -4.70. The fourth-order valence-electron chi connectivity index (χ4n) is 5.11. The molecule has 3 heterocycles. The maximum absolute atomic E-state index is 11.8. The average molecular weight is 555 g/mol. The Bertz CT molecular complexity index is 1460. The molecule has 0 spiro atoms. The van der Waals surface area contributed by atoms with Crippen molar-refractivity contribution in [1.29, 1.82) is 5.41 Å². The molecular formula is C31H34N6O4. The molecule has 0 saturated carbocycles. The van der Waals surface area contributed by atoms with Crippen LogP contribution in [0.1, 0.15) is 33.1 Å². The lowest BCUT2D eigenvalue weighted by molar-refractivity contribution is -0.120. The molecule has 2 saturated heterocycles. The number of carbonyl (C=O) groups is 3. The van der Waals surface area contributed by atoms with E-state index in [1.165, 1.54) is 0 Å². The number of nitrogens with zero attached hydrogens (tertiary/aromatic N) is 3. The number of benzene rings is 3. The SMILES string of the molecule is CN1CCN(C(=N)c2ccc(-c3ccc(C4NC(=O)NC4=O)cc3)cc2)CC1.COc1ccc2c(c1)C(=O)N(C)C2. The summed E-state index contributed by atoms with van der Waals surface area (Å²) in [6.45, 7) is 4.42. The number of amidine groups is 1. The molecule has 0 aromatic heterocycles. The summed E-state index contributed by atoms with van der Waals surface area (Å²) in [7, 11) is 5.51. The second-order valence-electron chi connectivity index (χ2n) is 10.4. The van der Waals surface area contributed by atoms with Gasteiger partial charge in [-0.15, -0.1) is 0 Å². The molecule has 3 aliphatic heterocycles. The van der Waals surface area contributed by atoms with Crippen molar-refractivity contribution in [2.75, 3.05) is 47.4 Å². The van der Waals surface area contributed by atoms with Crippen LogP contribution in [0.15, 0.2) is 66.7 Å². The molecule has 10 nitrogen and oxygen atoms in total. The Labute approximate surface area is 239 Å². The Morgan fingerprint density at radius 3 is 2.10 bits per heavy atom. The summed E-state index contributed by atoms with van der Waals surface area (Å²) in [5.74, 6) is 1.05. The lowest BCUT2D eigenvalue weighted by Crippen LogP contribution is -2.47. The van der Waals surface area contributed by atoms with Crippen LogP contribution in [0.3, 0.4) is 0 Å². The van der Waals surface area contributed by atoms with Gasteiger partial charge < -0.3 is 24.8 Å². The minimum atomic E-state index is -0.631. The summed E-state index contributed by atoms with van der Waals surface area (Å²) in [4.78, 5) is 40.7. The molecule has 3 aromatic rings. The number of fused-ring (bicyclic) bond motifs is 1. The van der Waals surface area contributed by atoms with E-state index in [1.54, 1.807) is 25.1 Å². The van der Waals surface area contributed by atoms with Crippen LogP contribution in [0.5, 0.6) is 5.75 Å². The monoisotopic (exact) mass is 554 g/mol. The average Bonchev–Trinajstić information content (AvgIpc) is 3.49. The highest BCUT2D eigenvalue weighted by Crippen LogP contribution is 2.26. The van der Waals surface area contributed by atoms with E-state index >= 15 is 0 Å². The smallest absolute Gasteiger partial charge is 0.322 e. The number of imide groups is 1. The molecule has 212 valence electrons. The Kier molecular flexibility index (Phi) is 8.02. The van der Waals surface area contributed by atoms with Crippen LogP contribution in [0.4, 0.5) is 4.79 Å². The standard InChI is InChI=1S/C21H23N5O2.C10H11NO2/c1-25-10-12-26(13-11-25)19(22)17-8-4-15(5-9-17)14-2-6-16(7-3-14)18-20(27)24-21(28)23-18;1-11-6-7-3-4-8(13-2)5-9(7)10(11)12/h2-9,18,22H,10-13H2,1H3,(H2,23,24,27,28);3-5H,6H2,1-2H3. The molecule has 3 aromatic carbocycles. The fourth-order valence-corrected chi connectivity index (χ4v) is 5.11. The zero-order valence-corrected chi connectivity index (χ0v) is 23.4. The number of rotatable bonds is 4. The number of piperazine rings is 1. The Balaban J connectivity index is 0.000000216. The lowest BCUT2D eigenvalue weighted by atomic mass is 9.99. The zero-order chi connectivity index (χ0) is 29.1. The van der Waals surface area contributed by atoms with E-state index < -0.39 is 12.1 Å².